The van der Waals surface area contributed by atoms with Crippen LogP contribution < -0.4 is 10.1 Å². The van der Waals surface area contributed by atoms with Gasteiger partial charge in [0.2, 0.25) is 0 Å². The van der Waals surface area contributed by atoms with Crippen LogP contribution in [0.2, 0.25) is 5.02 Å². The normalized spacial score (nSPS) is 11.7. The Bertz CT molecular complexity index is 1250. The number of nitrogens with one attached hydrogen (secondary N) is 1. The molecule has 3 aromatic carbocycles. The molecule has 1 N–H and O–H groups in total. The van der Waals surface area contributed by atoms with E-state index in [0.717, 1.165) is 54.6 Å². The van der Waals surface area contributed by atoms with Gasteiger partial charge in [0.25, 0.3) is 0 Å². The molecule has 0 aliphatic carbocycles. The molecule has 0 bridgehead atoms. The van der Waals surface area contributed by atoms with Gasteiger partial charge in [0.05, 0.1) is 5.52 Å². The standard InChI is InChI=1S/C28H27ClF3N3O/c29-23-10-13-25-26(14-16-34-27(25)18-23)33-15-4-5-17-35(19-21-6-2-1-3-7-21)20-22-8-11-24(12-9-22)36-28(30,31)32/h1-3,6-14,16,18H,4-5,15,17,19-20H2,(H,33,34). The van der Waals surface area contributed by atoms with Gasteiger partial charge in [0.15, 0.2) is 0 Å². The largest absolute Gasteiger partial charge is 0.573 e. The smallest absolute Gasteiger partial charge is 0.406 e. The molecule has 0 amide bonds. The summed E-state index contributed by atoms with van der Waals surface area (Å²) in [5.74, 6) is -0.210. The monoisotopic (exact) mass is 513 g/mol. The van der Waals surface area contributed by atoms with Gasteiger partial charge in [-0.3, -0.25) is 9.88 Å². The molecule has 0 atom stereocenters. The van der Waals surface area contributed by atoms with Crippen molar-refractivity contribution in [3.8, 4) is 5.75 Å². The van der Waals surface area contributed by atoms with Crippen LogP contribution in [0.15, 0.2) is 85.1 Å². The molecule has 0 saturated heterocycles. The predicted molar refractivity (Wildman–Crippen MR) is 138 cm³/mol. The zero-order valence-corrected chi connectivity index (χ0v) is 20.4. The number of aromatic nitrogens is 1. The van der Waals surface area contributed by atoms with Crippen molar-refractivity contribution < 1.29 is 17.9 Å². The number of rotatable bonds is 11. The Morgan fingerprint density at radius 3 is 2.31 bits per heavy atom. The molecule has 0 aliphatic heterocycles. The molecule has 0 saturated carbocycles. The molecule has 0 radical (unpaired) electrons. The van der Waals surface area contributed by atoms with Crippen molar-refractivity contribution in [2.75, 3.05) is 18.4 Å². The third-order valence-corrected chi connectivity index (χ3v) is 5.97. The number of halogens is 4. The lowest BCUT2D eigenvalue weighted by Crippen LogP contribution is -2.24. The summed E-state index contributed by atoms with van der Waals surface area (Å²) in [6.07, 6.45) is -0.997. The highest BCUT2D eigenvalue weighted by Gasteiger charge is 2.30. The van der Waals surface area contributed by atoms with Crippen LogP contribution in [-0.4, -0.2) is 29.3 Å². The van der Waals surface area contributed by atoms with Crippen LogP contribution in [-0.2, 0) is 13.1 Å². The molecule has 188 valence electrons. The Hall–Kier alpha value is -3.29. The number of benzene rings is 3. The lowest BCUT2D eigenvalue weighted by atomic mass is 10.1. The highest BCUT2D eigenvalue weighted by molar-refractivity contribution is 6.31. The molecule has 4 rings (SSSR count). The van der Waals surface area contributed by atoms with Gasteiger partial charge in [0, 0.05) is 41.9 Å². The first-order chi connectivity index (χ1) is 17.4. The summed E-state index contributed by atoms with van der Waals surface area (Å²) >= 11 is 6.08. The van der Waals surface area contributed by atoms with E-state index in [4.69, 9.17) is 11.6 Å². The fourth-order valence-electron chi connectivity index (χ4n) is 4.07. The predicted octanol–water partition coefficient (Wildman–Crippen LogP) is 7.68. The molecule has 0 fully saturated rings. The van der Waals surface area contributed by atoms with E-state index in [1.165, 1.54) is 17.7 Å². The SMILES string of the molecule is FC(F)(F)Oc1ccc(CN(CCCCNc2ccnc3cc(Cl)ccc23)Cc2ccccc2)cc1. The fraction of sp³-hybridized carbons (Fsp3) is 0.250. The Kier molecular flexibility index (Phi) is 8.67. The third-order valence-electron chi connectivity index (χ3n) is 5.73. The molecule has 0 aliphatic rings. The number of unbranched alkanes of at least 4 members (excludes halogenated alkanes) is 1. The molecule has 4 nitrogen and oxygen atoms in total. The van der Waals surface area contributed by atoms with E-state index in [-0.39, 0.29) is 5.75 Å². The molecule has 1 aromatic heterocycles. The van der Waals surface area contributed by atoms with Gasteiger partial charge < -0.3 is 10.1 Å². The molecular formula is C28H27ClF3N3O. The highest BCUT2D eigenvalue weighted by atomic mass is 35.5. The van der Waals surface area contributed by atoms with Crippen LogP contribution in [0.3, 0.4) is 0 Å². The van der Waals surface area contributed by atoms with Gasteiger partial charge in [-0.2, -0.15) is 0 Å². The maximum absolute atomic E-state index is 12.5. The van der Waals surface area contributed by atoms with Crippen molar-refractivity contribution in [1.82, 2.24) is 9.88 Å². The maximum atomic E-state index is 12.5. The first kappa shape index (κ1) is 25.8. The van der Waals surface area contributed by atoms with Crippen molar-refractivity contribution in [3.63, 3.8) is 0 Å². The third kappa shape index (κ3) is 7.86. The zero-order valence-electron chi connectivity index (χ0n) is 19.6. The Labute approximate surface area is 213 Å². The Morgan fingerprint density at radius 2 is 1.58 bits per heavy atom. The number of anilines is 1. The first-order valence-corrected chi connectivity index (χ1v) is 12.1. The summed E-state index contributed by atoms with van der Waals surface area (Å²) in [4.78, 5) is 6.68. The van der Waals surface area contributed by atoms with Crippen LogP contribution in [0.5, 0.6) is 5.75 Å². The van der Waals surface area contributed by atoms with Gasteiger partial charge >= 0.3 is 6.36 Å². The number of ether oxygens (including phenoxy) is 1. The Balaban J connectivity index is 1.33. The van der Waals surface area contributed by atoms with Crippen LogP contribution in [0.4, 0.5) is 18.9 Å². The van der Waals surface area contributed by atoms with Gasteiger partial charge in [-0.1, -0.05) is 54.1 Å². The minimum absolute atomic E-state index is 0.210. The summed E-state index contributed by atoms with van der Waals surface area (Å²) in [7, 11) is 0. The first-order valence-electron chi connectivity index (χ1n) is 11.7. The zero-order chi connectivity index (χ0) is 25.4. The van der Waals surface area contributed by atoms with Crippen LogP contribution in [0.25, 0.3) is 10.9 Å². The minimum atomic E-state index is -4.69. The van der Waals surface area contributed by atoms with Crippen molar-refractivity contribution in [3.05, 3.63) is 101 Å². The average molecular weight is 514 g/mol. The van der Waals surface area contributed by atoms with Gasteiger partial charge in [-0.25, -0.2) is 0 Å². The van der Waals surface area contributed by atoms with Crippen molar-refractivity contribution in [1.29, 1.82) is 0 Å². The topological polar surface area (TPSA) is 37.4 Å². The Morgan fingerprint density at radius 1 is 0.861 bits per heavy atom. The van der Waals surface area contributed by atoms with Crippen LogP contribution in [0.1, 0.15) is 24.0 Å². The number of nitrogens with zero attached hydrogens (tertiary/aromatic N) is 2. The van der Waals surface area contributed by atoms with E-state index in [0.29, 0.717) is 11.6 Å². The summed E-state index contributed by atoms with van der Waals surface area (Å²) in [5.41, 5.74) is 4.00. The van der Waals surface area contributed by atoms with Crippen molar-refractivity contribution >= 4 is 28.2 Å². The van der Waals surface area contributed by atoms with E-state index in [9.17, 15) is 13.2 Å². The minimum Gasteiger partial charge on any atom is -0.406 e. The second-order valence-electron chi connectivity index (χ2n) is 8.54. The highest BCUT2D eigenvalue weighted by Crippen LogP contribution is 2.25. The van der Waals surface area contributed by atoms with Crippen molar-refractivity contribution in [2.24, 2.45) is 0 Å². The van der Waals surface area contributed by atoms with Gasteiger partial charge in [0.1, 0.15) is 5.75 Å². The molecule has 8 heteroatoms. The lowest BCUT2D eigenvalue weighted by molar-refractivity contribution is -0.274. The summed E-state index contributed by atoms with van der Waals surface area (Å²) in [6, 6.07) is 23.9. The molecular weight excluding hydrogens is 487 g/mol. The van der Waals surface area contributed by atoms with E-state index < -0.39 is 6.36 Å². The number of fused-ring (bicyclic) bond motifs is 1. The number of hydrogen-bond donors (Lipinski definition) is 1. The molecule has 1 heterocycles. The second kappa shape index (κ2) is 12.1. The molecule has 4 aromatic rings. The fourth-order valence-corrected chi connectivity index (χ4v) is 4.24. The second-order valence-corrected chi connectivity index (χ2v) is 8.98. The molecule has 0 spiro atoms. The molecule has 36 heavy (non-hydrogen) atoms. The number of pyridine rings is 1. The van der Waals surface area contributed by atoms with Crippen LogP contribution in [0, 0.1) is 0 Å². The lowest BCUT2D eigenvalue weighted by Gasteiger charge is -2.23. The summed E-state index contributed by atoms with van der Waals surface area (Å²) < 4.78 is 41.3. The van der Waals surface area contributed by atoms with Gasteiger partial charge in [-0.15, -0.1) is 13.2 Å². The van der Waals surface area contributed by atoms with E-state index in [1.807, 2.05) is 42.5 Å². The molecule has 0 unspecified atom stereocenters. The van der Waals surface area contributed by atoms with Gasteiger partial charge in [-0.05, 0) is 66.9 Å². The number of alkyl halides is 3. The quantitative estimate of drug-likeness (QED) is 0.209. The maximum Gasteiger partial charge on any atom is 0.573 e. The number of hydrogen-bond acceptors (Lipinski definition) is 4. The van der Waals surface area contributed by atoms with Crippen LogP contribution >= 0.6 is 11.6 Å². The van der Waals surface area contributed by atoms with E-state index in [1.54, 1.807) is 18.3 Å². The van der Waals surface area contributed by atoms with Crippen molar-refractivity contribution in [2.45, 2.75) is 32.3 Å². The van der Waals surface area contributed by atoms with E-state index in [2.05, 4.69) is 32.1 Å². The summed E-state index contributed by atoms with van der Waals surface area (Å²) in [5, 5.41) is 5.19. The summed E-state index contributed by atoms with van der Waals surface area (Å²) in [6.45, 7) is 3.05. The van der Waals surface area contributed by atoms with E-state index >= 15 is 0 Å². The average Bonchev–Trinajstić information content (AvgIpc) is 2.84.